The Morgan fingerprint density at radius 3 is 2.38 bits per heavy atom. The first-order valence-electron chi connectivity index (χ1n) is 8.72. The summed E-state index contributed by atoms with van der Waals surface area (Å²) in [5.41, 5.74) is 1.63. The number of benzene rings is 2. The molecule has 0 radical (unpaired) electrons. The maximum Gasteiger partial charge on any atom is 0.251 e. The van der Waals surface area contributed by atoms with Gasteiger partial charge in [0.25, 0.3) is 5.91 Å². The molecule has 0 aliphatic heterocycles. The molecule has 0 saturated carbocycles. The lowest BCUT2D eigenvalue weighted by atomic mass is 10.2. The molecule has 29 heavy (non-hydrogen) atoms. The van der Waals surface area contributed by atoms with Gasteiger partial charge < -0.3 is 9.84 Å². The first-order chi connectivity index (χ1) is 13.8. The fraction of sp³-hybridized carbons (Fsp3) is 0.211. The van der Waals surface area contributed by atoms with E-state index in [4.69, 9.17) is 16.1 Å². The van der Waals surface area contributed by atoms with Crippen LogP contribution in [0, 0.1) is 0 Å². The maximum atomic E-state index is 12.3. The van der Waals surface area contributed by atoms with Crippen LogP contribution in [0.25, 0.3) is 11.4 Å². The SMILES string of the molecule is CCN(c1ccc(C(=O)NCc2nc(-c3ccc(Cl)cc3)no2)cc1)S(C)(=O)=O. The minimum atomic E-state index is -3.37. The molecule has 2 aromatic carbocycles. The summed E-state index contributed by atoms with van der Waals surface area (Å²) >= 11 is 5.86. The molecule has 1 N–H and O–H groups in total. The van der Waals surface area contributed by atoms with Crippen LogP contribution in [0.5, 0.6) is 0 Å². The van der Waals surface area contributed by atoms with Gasteiger partial charge in [-0.05, 0) is 55.5 Å². The van der Waals surface area contributed by atoms with Crippen molar-refractivity contribution in [2.45, 2.75) is 13.5 Å². The second kappa shape index (κ2) is 8.62. The summed E-state index contributed by atoms with van der Waals surface area (Å²) in [6, 6.07) is 13.3. The predicted molar refractivity (Wildman–Crippen MR) is 110 cm³/mol. The number of amides is 1. The molecule has 3 rings (SSSR count). The van der Waals surface area contributed by atoms with E-state index in [1.54, 1.807) is 55.5 Å². The minimum absolute atomic E-state index is 0.0611. The molecule has 0 bridgehead atoms. The number of hydrogen-bond acceptors (Lipinski definition) is 6. The number of sulfonamides is 1. The van der Waals surface area contributed by atoms with E-state index < -0.39 is 10.0 Å². The maximum absolute atomic E-state index is 12.3. The molecule has 0 aliphatic carbocycles. The van der Waals surface area contributed by atoms with Gasteiger partial charge in [-0.25, -0.2) is 8.42 Å². The fourth-order valence-corrected chi connectivity index (χ4v) is 3.79. The monoisotopic (exact) mass is 434 g/mol. The van der Waals surface area contributed by atoms with Crippen molar-refractivity contribution in [3.8, 4) is 11.4 Å². The lowest BCUT2D eigenvalue weighted by Crippen LogP contribution is -2.29. The Hall–Kier alpha value is -2.91. The van der Waals surface area contributed by atoms with Gasteiger partial charge in [0.1, 0.15) is 0 Å². The minimum Gasteiger partial charge on any atom is -0.343 e. The summed E-state index contributed by atoms with van der Waals surface area (Å²) in [6.07, 6.45) is 1.14. The number of anilines is 1. The fourth-order valence-electron chi connectivity index (χ4n) is 2.69. The van der Waals surface area contributed by atoms with Gasteiger partial charge in [0.15, 0.2) is 0 Å². The van der Waals surface area contributed by atoms with Crippen molar-refractivity contribution in [3.05, 3.63) is 65.0 Å². The van der Waals surface area contributed by atoms with Gasteiger partial charge in [0.05, 0.1) is 18.5 Å². The van der Waals surface area contributed by atoms with Gasteiger partial charge in [-0.1, -0.05) is 16.8 Å². The first-order valence-corrected chi connectivity index (χ1v) is 10.9. The molecule has 1 heterocycles. The summed E-state index contributed by atoms with van der Waals surface area (Å²) in [7, 11) is -3.37. The molecule has 0 spiro atoms. The van der Waals surface area contributed by atoms with Crippen molar-refractivity contribution in [3.63, 3.8) is 0 Å². The van der Waals surface area contributed by atoms with E-state index in [-0.39, 0.29) is 18.3 Å². The average Bonchev–Trinajstić information content (AvgIpc) is 3.16. The molecule has 0 aliphatic rings. The lowest BCUT2D eigenvalue weighted by molar-refractivity contribution is 0.0946. The summed E-state index contributed by atoms with van der Waals surface area (Å²) in [5.74, 6) is 0.315. The number of nitrogens with one attached hydrogen (secondary N) is 1. The van der Waals surface area contributed by atoms with Gasteiger partial charge >= 0.3 is 0 Å². The Morgan fingerprint density at radius 1 is 1.14 bits per heavy atom. The normalized spacial score (nSPS) is 11.3. The Morgan fingerprint density at radius 2 is 1.79 bits per heavy atom. The van der Waals surface area contributed by atoms with Crippen LogP contribution in [0.3, 0.4) is 0 Å². The van der Waals surface area contributed by atoms with E-state index in [1.165, 1.54) is 4.31 Å². The van der Waals surface area contributed by atoms with Crippen LogP contribution in [0.1, 0.15) is 23.2 Å². The zero-order chi connectivity index (χ0) is 21.0. The molecule has 0 atom stereocenters. The lowest BCUT2D eigenvalue weighted by Gasteiger charge is -2.20. The highest BCUT2D eigenvalue weighted by Gasteiger charge is 2.16. The van der Waals surface area contributed by atoms with E-state index in [2.05, 4.69) is 15.5 Å². The Balaban J connectivity index is 1.63. The molecular formula is C19H19ClN4O4S. The quantitative estimate of drug-likeness (QED) is 0.612. The Bertz CT molecular complexity index is 1100. The number of carbonyl (C=O) groups is 1. The molecule has 8 nitrogen and oxygen atoms in total. The summed E-state index contributed by atoms with van der Waals surface area (Å²) < 4.78 is 30.0. The second-order valence-corrected chi connectivity index (χ2v) is 8.52. The first kappa shape index (κ1) is 20.8. The summed E-state index contributed by atoms with van der Waals surface area (Å²) in [6.45, 7) is 2.10. The van der Waals surface area contributed by atoms with Gasteiger partial charge in [-0.15, -0.1) is 0 Å². The van der Waals surface area contributed by atoms with Crippen molar-refractivity contribution in [2.24, 2.45) is 0 Å². The van der Waals surface area contributed by atoms with Crippen LogP contribution < -0.4 is 9.62 Å². The second-order valence-electron chi connectivity index (χ2n) is 6.18. The van der Waals surface area contributed by atoms with Crippen LogP contribution in [0.15, 0.2) is 53.1 Å². The highest BCUT2D eigenvalue weighted by molar-refractivity contribution is 7.92. The van der Waals surface area contributed by atoms with Crippen LogP contribution in [-0.2, 0) is 16.6 Å². The van der Waals surface area contributed by atoms with Crippen molar-refractivity contribution >= 4 is 33.2 Å². The van der Waals surface area contributed by atoms with Crippen molar-refractivity contribution in [1.29, 1.82) is 0 Å². The van der Waals surface area contributed by atoms with Crippen LogP contribution >= 0.6 is 11.6 Å². The van der Waals surface area contributed by atoms with Crippen LogP contribution in [0.4, 0.5) is 5.69 Å². The Labute approximate surface area is 173 Å². The molecular weight excluding hydrogens is 416 g/mol. The van der Waals surface area contributed by atoms with E-state index in [0.717, 1.165) is 11.8 Å². The van der Waals surface area contributed by atoms with Gasteiger partial charge in [-0.3, -0.25) is 9.10 Å². The zero-order valence-corrected chi connectivity index (χ0v) is 17.4. The van der Waals surface area contributed by atoms with Crippen LogP contribution in [0.2, 0.25) is 5.02 Å². The van der Waals surface area contributed by atoms with E-state index in [9.17, 15) is 13.2 Å². The van der Waals surface area contributed by atoms with E-state index >= 15 is 0 Å². The van der Waals surface area contributed by atoms with Crippen molar-refractivity contribution < 1.29 is 17.7 Å². The van der Waals surface area contributed by atoms with Gasteiger partial charge in [0, 0.05) is 22.7 Å². The van der Waals surface area contributed by atoms with E-state index in [1.807, 2.05) is 0 Å². The summed E-state index contributed by atoms with van der Waals surface area (Å²) in [5, 5.41) is 7.19. The summed E-state index contributed by atoms with van der Waals surface area (Å²) in [4.78, 5) is 16.6. The molecule has 0 fully saturated rings. The largest absolute Gasteiger partial charge is 0.343 e. The third-order valence-electron chi connectivity index (χ3n) is 4.08. The smallest absolute Gasteiger partial charge is 0.251 e. The number of nitrogens with zero attached hydrogens (tertiary/aromatic N) is 3. The van der Waals surface area contributed by atoms with E-state index in [0.29, 0.717) is 28.6 Å². The molecule has 1 aromatic heterocycles. The van der Waals surface area contributed by atoms with Crippen LogP contribution in [-0.4, -0.2) is 37.3 Å². The third kappa shape index (κ3) is 5.12. The topological polar surface area (TPSA) is 105 Å². The highest BCUT2D eigenvalue weighted by atomic mass is 35.5. The molecule has 0 saturated heterocycles. The molecule has 1 amide bonds. The molecule has 0 unspecified atom stereocenters. The number of aromatic nitrogens is 2. The standard InChI is InChI=1S/C19H19ClN4O4S/c1-3-24(29(2,26)27)16-10-6-14(7-11-16)19(25)21-12-17-22-18(23-28-17)13-4-8-15(20)9-5-13/h4-11H,3,12H2,1-2H3,(H,21,25). The third-order valence-corrected chi connectivity index (χ3v) is 5.60. The molecule has 10 heteroatoms. The Kier molecular flexibility index (Phi) is 6.19. The predicted octanol–water partition coefficient (Wildman–Crippen LogP) is 3.11. The number of carbonyl (C=O) groups excluding carboxylic acids is 1. The van der Waals surface area contributed by atoms with Gasteiger partial charge in [-0.2, -0.15) is 4.98 Å². The van der Waals surface area contributed by atoms with Gasteiger partial charge in [0.2, 0.25) is 21.7 Å². The van der Waals surface area contributed by atoms with Crippen molar-refractivity contribution in [2.75, 3.05) is 17.1 Å². The average molecular weight is 435 g/mol. The number of halogens is 1. The molecule has 152 valence electrons. The van der Waals surface area contributed by atoms with Crippen molar-refractivity contribution in [1.82, 2.24) is 15.5 Å². The number of hydrogen-bond donors (Lipinski definition) is 1. The zero-order valence-electron chi connectivity index (χ0n) is 15.8. The number of rotatable bonds is 7. The highest BCUT2D eigenvalue weighted by Crippen LogP contribution is 2.19. The molecule has 3 aromatic rings.